The van der Waals surface area contributed by atoms with Crippen LogP contribution in [0.25, 0.3) is 0 Å². The third kappa shape index (κ3) is 4.84. The number of rotatable bonds is 7. The number of ether oxygens (including phenoxy) is 2. The Morgan fingerprint density at radius 3 is 2.55 bits per heavy atom. The Labute approximate surface area is 131 Å². The highest BCUT2D eigenvalue weighted by molar-refractivity contribution is 5.82. The zero-order valence-corrected chi connectivity index (χ0v) is 12.9. The molecule has 1 atom stereocenters. The van der Waals surface area contributed by atoms with Crippen LogP contribution in [0.15, 0.2) is 30.3 Å². The second kappa shape index (κ2) is 8.54. The number of amides is 1. The lowest BCUT2D eigenvalue weighted by atomic mass is 10.1. The van der Waals surface area contributed by atoms with Crippen LogP contribution in [0.2, 0.25) is 0 Å². The first-order valence-electron chi connectivity index (χ1n) is 7.75. The van der Waals surface area contributed by atoms with Crippen LogP contribution in [-0.4, -0.2) is 31.6 Å². The number of benzene rings is 1. The van der Waals surface area contributed by atoms with Gasteiger partial charge in [0, 0.05) is 6.54 Å². The van der Waals surface area contributed by atoms with Gasteiger partial charge in [-0.15, -0.1) is 0 Å². The van der Waals surface area contributed by atoms with Crippen molar-refractivity contribution in [2.75, 3.05) is 13.7 Å². The van der Waals surface area contributed by atoms with Crippen LogP contribution in [0.3, 0.4) is 0 Å². The van der Waals surface area contributed by atoms with Gasteiger partial charge in [0.2, 0.25) is 0 Å². The summed E-state index contributed by atoms with van der Waals surface area (Å²) in [5, 5.41) is 2.76. The molecule has 5 nitrogen and oxygen atoms in total. The van der Waals surface area contributed by atoms with Crippen molar-refractivity contribution in [2.24, 2.45) is 0 Å². The average molecular weight is 305 g/mol. The fourth-order valence-electron chi connectivity index (χ4n) is 2.62. The predicted molar refractivity (Wildman–Crippen MR) is 82.2 cm³/mol. The highest BCUT2D eigenvalue weighted by Gasteiger charge is 2.26. The molecule has 0 bridgehead atoms. The minimum atomic E-state index is -0.623. The largest absolute Gasteiger partial charge is 0.469 e. The fourth-order valence-corrected chi connectivity index (χ4v) is 2.62. The van der Waals surface area contributed by atoms with Gasteiger partial charge in [0.25, 0.3) is 5.91 Å². The molecule has 1 aromatic carbocycles. The molecule has 0 unspecified atom stereocenters. The molecule has 120 valence electrons. The predicted octanol–water partition coefficient (Wildman–Crippen LogP) is 2.37. The Morgan fingerprint density at radius 2 is 1.91 bits per heavy atom. The molecule has 1 N–H and O–H groups in total. The van der Waals surface area contributed by atoms with Crippen molar-refractivity contribution < 1.29 is 19.1 Å². The first-order chi connectivity index (χ1) is 10.7. The Balaban J connectivity index is 1.96. The molecular formula is C17H23NO4. The lowest BCUT2D eigenvalue weighted by molar-refractivity contribution is -0.141. The number of esters is 1. The molecule has 1 amide bonds. The summed E-state index contributed by atoms with van der Waals surface area (Å²) in [4.78, 5) is 23.5. The van der Waals surface area contributed by atoms with E-state index in [0.29, 0.717) is 0 Å². The first-order valence-corrected chi connectivity index (χ1v) is 7.75. The number of carbonyl (C=O) groups excluding carboxylic acids is 2. The Bertz CT molecular complexity index is 483. The fraction of sp³-hybridized carbons (Fsp3) is 0.529. The van der Waals surface area contributed by atoms with Crippen molar-refractivity contribution in [3.8, 4) is 0 Å². The van der Waals surface area contributed by atoms with Gasteiger partial charge >= 0.3 is 5.97 Å². The van der Waals surface area contributed by atoms with E-state index in [1.807, 2.05) is 30.3 Å². The lowest BCUT2D eigenvalue weighted by Crippen LogP contribution is -2.34. The van der Waals surface area contributed by atoms with Gasteiger partial charge in [0.1, 0.15) is 0 Å². The molecule has 5 heteroatoms. The zero-order valence-electron chi connectivity index (χ0n) is 12.9. The third-order valence-corrected chi connectivity index (χ3v) is 3.83. The smallest absolute Gasteiger partial charge is 0.307 e. The maximum atomic E-state index is 12.4. The maximum absolute atomic E-state index is 12.4. The molecule has 2 rings (SSSR count). The number of carbonyl (C=O) groups is 2. The Morgan fingerprint density at radius 1 is 1.23 bits per heavy atom. The van der Waals surface area contributed by atoms with E-state index < -0.39 is 6.10 Å². The second-order valence-corrected chi connectivity index (χ2v) is 5.45. The van der Waals surface area contributed by atoms with Crippen LogP contribution in [-0.2, 0) is 19.1 Å². The van der Waals surface area contributed by atoms with Gasteiger partial charge in [-0.2, -0.15) is 0 Å². The number of hydrogen-bond acceptors (Lipinski definition) is 4. The normalized spacial score (nSPS) is 16.2. The van der Waals surface area contributed by atoms with Gasteiger partial charge in [0.15, 0.2) is 6.10 Å². The molecule has 1 aliphatic rings. The van der Waals surface area contributed by atoms with Crippen molar-refractivity contribution in [3.63, 3.8) is 0 Å². The van der Waals surface area contributed by atoms with E-state index in [1.165, 1.54) is 7.11 Å². The van der Waals surface area contributed by atoms with Crippen molar-refractivity contribution in [3.05, 3.63) is 35.9 Å². The van der Waals surface area contributed by atoms with Gasteiger partial charge in [0.05, 0.1) is 19.6 Å². The quantitative estimate of drug-likeness (QED) is 0.786. The molecule has 1 saturated carbocycles. The van der Waals surface area contributed by atoms with Gasteiger partial charge in [-0.1, -0.05) is 43.2 Å². The SMILES string of the molecule is COC(=O)CCNC(=O)[C@@H](OC1CCCC1)c1ccccc1. The summed E-state index contributed by atoms with van der Waals surface area (Å²) in [5.41, 5.74) is 0.838. The molecule has 0 radical (unpaired) electrons. The van der Waals surface area contributed by atoms with Gasteiger partial charge in [-0.25, -0.2) is 0 Å². The van der Waals surface area contributed by atoms with E-state index in [-0.39, 0.29) is 30.9 Å². The number of methoxy groups -OCH3 is 1. The molecule has 0 aromatic heterocycles. The van der Waals surface area contributed by atoms with E-state index in [0.717, 1.165) is 31.2 Å². The van der Waals surface area contributed by atoms with Crippen molar-refractivity contribution in [1.82, 2.24) is 5.32 Å². The molecule has 22 heavy (non-hydrogen) atoms. The van der Waals surface area contributed by atoms with Crippen molar-refractivity contribution in [1.29, 1.82) is 0 Å². The molecule has 1 fully saturated rings. The molecule has 0 heterocycles. The van der Waals surface area contributed by atoms with Gasteiger partial charge in [-0.05, 0) is 18.4 Å². The van der Waals surface area contributed by atoms with E-state index in [1.54, 1.807) is 0 Å². The van der Waals surface area contributed by atoms with E-state index in [2.05, 4.69) is 10.1 Å². The summed E-state index contributed by atoms with van der Waals surface area (Å²) < 4.78 is 10.6. The van der Waals surface area contributed by atoms with Gasteiger partial charge < -0.3 is 14.8 Å². The maximum Gasteiger partial charge on any atom is 0.307 e. The third-order valence-electron chi connectivity index (χ3n) is 3.83. The van der Waals surface area contributed by atoms with Crippen LogP contribution in [0, 0.1) is 0 Å². The molecule has 0 aliphatic heterocycles. The van der Waals surface area contributed by atoms with E-state index in [4.69, 9.17) is 4.74 Å². The summed E-state index contributed by atoms with van der Waals surface area (Å²) >= 11 is 0. The molecule has 0 saturated heterocycles. The summed E-state index contributed by atoms with van der Waals surface area (Å²) in [5.74, 6) is -0.546. The highest BCUT2D eigenvalue weighted by Crippen LogP contribution is 2.28. The summed E-state index contributed by atoms with van der Waals surface area (Å²) in [6.07, 6.45) is 3.97. The van der Waals surface area contributed by atoms with Crippen LogP contribution in [0.1, 0.15) is 43.8 Å². The van der Waals surface area contributed by atoms with Crippen LogP contribution in [0.5, 0.6) is 0 Å². The Hall–Kier alpha value is -1.88. The minimum absolute atomic E-state index is 0.136. The standard InChI is InChI=1S/C17H23NO4/c1-21-15(19)11-12-18-17(20)16(13-7-3-2-4-8-13)22-14-9-5-6-10-14/h2-4,7-8,14,16H,5-6,9-12H2,1H3,(H,18,20)/t16-/m0/s1. The summed E-state index contributed by atoms with van der Waals surface area (Å²) in [7, 11) is 1.33. The second-order valence-electron chi connectivity index (χ2n) is 5.45. The zero-order chi connectivity index (χ0) is 15.8. The minimum Gasteiger partial charge on any atom is -0.469 e. The topological polar surface area (TPSA) is 64.6 Å². The first kappa shape index (κ1) is 16.5. The number of hydrogen-bond donors (Lipinski definition) is 1. The highest BCUT2D eigenvalue weighted by atomic mass is 16.5. The monoisotopic (exact) mass is 305 g/mol. The lowest BCUT2D eigenvalue weighted by Gasteiger charge is -2.22. The molecule has 0 spiro atoms. The van der Waals surface area contributed by atoms with Gasteiger partial charge in [-0.3, -0.25) is 9.59 Å². The Kier molecular flexibility index (Phi) is 6.40. The van der Waals surface area contributed by atoms with Crippen LogP contribution >= 0.6 is 0 Å². The molecule has 1 aliphatic carbocycles. The average Bonchev–Trinajstić information content (AvgIpc) is 3.06. The van der Waals surface area contributed by atoms with Crippen molar-refractivity contribution >= 4 is 11.9 Å². The van der Waals surface area contributed by atoms with Crippen molar-refractivity contribution in [2.45, 2.75) is 44.3 Å². The summed E-state index contributed by atoms with van der Waals surface area (Å²) in [6, 6.07) is 9.47. The van der Waals surface area contributed by atoms with E-state index >= 15 is 0 Å². The molecule has 1 aromatic rings. The van der Waals surface area contributed by atoms with Crippen LogP contribution < -0.4 is 5.32 Å². The van der Waals surface area contributed by atoms with E-state index in [9.17, 15) is 9.59 Å². The number of nitrogens with one attached hydrogen (secondary N) is 1. The summed E-state index contributed by atoms with van der Waals surface area (Å²) in [6.45, 7) is 0.253. The molecular weight excluding hydrogens is 282 g/mol. The van der Waals surface area contributed by atoms with Crippen LogP contribution in [0.4, 0.5) is 0 Å².